The molecule has 6 heteroatoms. The van der Waals surface area contributed by atoms with E-state index < -0.39 is 0 Å². The van der Waals surface area contributed by atoms with Gasteiger partial charge in [-0.1, -0.05) is 27.7 Å². The van der Waals surface area contributed by atoms with Gasteiger partial charge in [0.2, 0.25) is 0 Å². The van der Waals surface area contributed by atoms with Crippen LogP contribution in [0.2, 0.25) is 0 Å². The minimum atomic E-state index is 0.490. The Hall–Kier alpha value is -1.01. The maximum absolute atomic E-state index is 4.48. The van der Waals surface area contributed by atoms with Crippen LogP contribution >= 0.6 is 23.9 Å². The van der Waals surface area contributed by atoms with E-state index in [2.05, 4.69) is 39.0 Å². The summed E-state index contributed by atoms with van der Waals surface area (Å²) in [6, 6.07) is 0. The maximum atomic E-state index is 4.48. The first-order valence-electron chi connectivity index (χ1n) is 6.70. The van der Waals surface area contributed by atoms with Crippen molar-refractivity contribution in [3.05, 3.63) is 11.1 Å². The molecule has 0 radical (unpaired) electrons. The molecule has 4 nitrogen and oxygen atoms in total. The number of nitrogens with zero attached hydrogens (tertiary/aromatic N) is 2. The van der Waals surface area contributed by atoms with Crippen LogP contribution in [-0.4, -0.2) is 8.75 Å². The van der Waals surface area contributed by atoms with Gasteiger partial charge in [-0.25, -0.2) is 0 Å². The largest absolute Gasteiger partial charge is 0.310 e. The van der Waals surface area contributed by atoms with Crippen LogP contribution in [0.25, 0.3) is 11.0 Å². The molecule has 2 heterocycles. The third-order valence-electron chi connectivity index (χ3n) is 3.40. The fraction of sp³-hybridized carbons (Fsp3) is 0.538. The van der Waals surface area contributed by atoms with Crippen LogP contribution in [-0.2, 0) is 0 Å². The summed E-state index contributed by atoms with van der Waals surface area (Å²) in [6.07, 6.45) is 1.11. The Balaban J connectivity index is 0.000000637. The predicted molar refractivity (Wildman–Crippen MR) is 87.0 cm³/mol. The van der Waals surface area contributed by atoms with E-state index in [4.69, 9.17) is 0 Å². The minimum Gasteiger partial charge on any atom is -0.310 e. The lowest BCUT2D eigenvalue weighted by atomic mass is 9.93. The maximum Gasteiger partial charge on any atom is 0.110 e. The van der Waals surface area contributed by atoms with Gasteiger partial charge in [0.1, 0.15) is 11.0 Å². The lowest BCUT2D eigenvalue weighted by Gasteiger charge is -2.15. The standard InChI is InChI=1S/C11H14N4S2.C2H6/c1-4-5(2)7-10-8(12-16-14-10)6(3)9-11(7)15-17-13-9;1-2/h5,12,14H,4H2,1-3H3;1-2H3. The highest BCUT2D eigenvalue weighted by Crippen LogP contribution is 2.46. The Morgan fingerprint density at radius 2 is 1.74 bits per heavy atom. The number of anilines is 2. The summed E-state index contributed by atoms with van der Waals surface area (Å²) >= 11 is 2.82. The van der Waals surface area contributed by atoms with Gasteiger partial charge in [-0.15, -0.1) is 0 Å². The van der Waals surface area contributed by atoms with Crippen molar-refractivity contribution >= 4 is 46.3 Å². The van der Waals surface area contributed by atoms with Crippen LogP contribution < -0.4 is 9.44 Å². The topological polar surface area (TPSA) is 49.8 Å². The van der Waals surface area contributed by atoms with Gasteiger partial charge < -0.3 is 9.44 Å². The average Bonchev–Trinajstić information content (AvgIpc) is 3.09. The van der Waals surface area contributed by atoms with Crippen molar-refractivity contribution in [2.45, 2.75) is 47.0 Å². The van der Waals surface area contributed by atoms with Gasteiger partial charge in [-0.2, -0.15) is 8.75 Å². The highest BCUT2D eigenvalue weighted by atomic mass is 32.2. The zero-order chi connectivity index (χ0) is 14.0. The molecule has 0 bridgehead atoms. The van der Waals surface area contributed by atoms with Crippen LogP contribution in [0, 0.1) is 6.92 Å². The van der Waals surface area contributed by atoms with E-state index in [9.17, 15) is 0 Å². The number of hydrogen-bond acceptors (Lipinski definition) is 6. The first kappa shape index (κ1) is 14.4. The highest BCUT2D eigenvalue weighted by molar-refractivity contribution is 8.02. The average molecular weight is 296 g/mol. The molecule has 0 amide bonds. The van der Waals surface area contributed by atoms with E-state index >= 15 is 0 Å². The summed E-state index contributed by atoms with van der Waals surface area (Å²) in [7, 11) is 0. The smallest absolute Gasteiger partial charge is 0.110 e. The van der Waals surface area contributed by atoms with Gasteiger partial charge in [-0.3, -0.25) is 0 Å². The zero-order valence-corrected chi connectivity index (χ0v) is 13.6. The number of nitrogens with one attached hydrogen (secondary N) is 2. The van der Waals surface area contributed by atoms with Gasteiger partial charge in [0.15, 0.2) is 0 Å². The third-order valence-corrected chi connectivity index (χ3v) is 4.55. The van der Waals surface area contributed by atoms with E-state index in [0.29, 0.717) is 5.92 Å². The van der Waals surface area contributed by atoms with Crippen molar-refractivity contribution in [3.63, 3.8) is 0 Å². The molecule has 0 spiro atoms. The number of fused-ring (bicyclic) bond motifs is 2. The molecule has 19 heavy (non-hydrogen) atoms. The molecule has 2 N–H and O–H groups in total. The monoisotopic (exact) mass is 296 g/mol. The van der Waals surface area contributed by atoms with E-state index in [1.807, 2.05) is 13.8 Å². The van der Waals surface area contributed by atoms with E-state index in [1.54, 1.807) is 0 Å². The Morgan fingerprint density at radius 1 is 1.11 bits per heavy atom. The highest BCUT2D eigenvalue weighted by Gasteiger charge is 2.25. The van der Waals surface area contributed by atoms with Crippen molar-refractivity contribution in [2.24, 2.45) is 0 Å². The molecule has 1 aliphatic rings. The quantitative estimate of drug-likeness (QED) is 0.769. The first-order chi connectivity index (χ1) is 9.24. The Kier molecular flexibility index (Phi) is 4.52. The van der Waals surface area contributed by atoms with Gasteiger partial charge >= 0.3 is 0 Å². The van der Waals surface area contributed by atoms with E-state index in [-0.39, 0.29) is 0 Å². The predicted octanol–water partition coefficient (Wildman–Crippen LogP) is 4.94. The molecule has 1 aromatic heterocycles. The molecule has 0 saturated heterocycles. The van der Waals surface area contributed by atoms with Gasteiger partial charge in [-0.05, 0) is 19.3 Å². The third kappa shape index (κ3) is 2.27. The van der Waals surface area contributed by atoms with Gasteiger partial charge in [0.25, 0.3) is 0 Å². The Labute approximate surface area is 123 Å². The number of benzene rings is 1. The molecular weight excluding hydrogens is 276 g/mol. The second kappa shape index (κ2) is 5.96. The summed E-state index contributed by atoms with van der Waals surface area (Å²) in [5, 5.41) is 0. The molecule has 3 rings (SSSR count). The summed E-state index contributed by atoms with van der Waals surface area (Å²) in [5.74, 6) is 0.490. The molecule has 1 aromatic carbocycles. The van der Waals surface area contributed by atoms with Crippen molar-refractivity contribution in [3.8, 4) is 0 Å². The number of rotatable bonds is 2. The van der Waals surface area contributed by atoms with Gasteiger partial charge in [0.05, 0.1) is 35.2 Å². The molecule has 0 aliphatic carbocycles. The molecule has 1 unspecified atom stereocenters. The molecule has 2 aromatic rings. The lowest BCUT2D eigenvalue weighted by Crippen LogP contribution is -1.99. The van der Waals surface area contributed by atoms with Crippen molar-refractivity contribution in [1.29, 1.82) is 0 Å². The van der Waals surface area contributed by atoms with Gasteiger partial charge in [0, 0.05) is 11.1 Å². The normalized spacial score (nSPS) is 14.2. The van der Waals surface area contributed by atoms with E-state index in [1.165, 1.54) is 46.4 Å². The van der Waals surface area contributed by atoms with Crippen LogP contribution in [0.15, 0.2) is 0 Å². The van der Waals surface area contributed by atoms with Crippen molar-refractivity contribution in [2.75, 3.05) is 9.44 Å². The number of hydrogen-bond donors (Lipinski definition) is 2. The summed E-state index contributed by atoms with van der Waals surface area (Å²) in [4.78, 5) is 0. The zero-order valence-electron chi connectivity index (χ0n) is 12.0. The fourth-order valence-electron chi connectivity index (χ4n) is 2.22. The van der Waals surface area contributed by atoms with Crippen LogP contribution in [0.1, 0.15) is 51.2 Å². The van der Waals surface area contributed by atoms with Crippen LogP contribution in [0.4, 0.5) is 11.4 Å². The Bertz CT molecular complexity index is 580. The fourth-order valence-corrected chi connectivity index (χ4v) is 3.55. The first-order valence-corrected chi connectivity index (χ1v) is 8.25. The molecule has 0 saturated carbocycles. The number of aryl methyl sites for hydroxylation is 1. The summed E-state index contributed by atoms with van der Waals surface area (Å²) < 4.78 is 15.6. The molecule has 0 fully saturated rings. The summed E-state index contributed by atoms with van der Waals surface area (Å²) in [5.41, 5.74) is 6.97. The molecule has 1 atom stereocenters. The SMILES string of the molecule is CC.CCC(C)c1c2c(c(C)c3nsnc13)NSN2. The lowest BCUT2D eigenvalue weighted by molar-refractivity contribution is 0.741. The second-order valence-corrected chi connectivity index (χ2v) is 5.51. The number of aromatic nitrogens is 2. The van der Waals surface area contributed by atoms with Crippen LogP contribution in [0.3, 0.4) is 0 Å². The minimum absolute atomic E-state index is 0.490. The van der Waals surface area contributed by atoms with Crippen molar-refractivity contribution < 1.29 is 0 Å². The molecular formula is C13H20N4S2. The van der Waals surface area contributed by atoms with E-state index in [0.717, 1.165) is 17.5 Å². The molecule has 1 aliphatic heterocycles. The van der Waals surface area contributed by atoms with Crippen molar-refractivity contribution in [1.82, 2.24) is 8.75 Å². The second-order valence-electron chi connectivity index (χ2n) is 4.37. The summed E-state index contributed by atoms with van der Waals surface area (Å²) in [6.45, 7) is 10.6. The molecule has 104 valence electrons. The Morgan fingerprint density at radius 3 is 2.42 bits per heavy atom. The van der Waals surface area contributed by atoms with Crippen LogP contribution in [0.5, 0.6) is 0 Å².